The Morgan fingerprint density at radius 1 is 1.35 bits per heavy atom. The summed E-state index contributed by atoms with van der Waals surface area (Å²) in [6.45, 7) is 1.77. The van der Waals surface area contributed by atoms with Crippen molar-refractivity contribution in [1.29, 1.82) is 0 Å². The van der Waals surface area contributed by atoms with Gasteiger partial charge in [0.2, 0.25) is 11.8 Å². The number of aryl methyl sites for hydroxylation is 1. The van der Waals surface area contributed by atoms with Crippen LogP contribution >= 0.6 is 11.6 Å². The van der Waals surface area contributed by atoms with Crippen LogP contribution in [0.5, 0.6) is 5.88 Å². The van der Waals surface area contributed by atoms with Gasteiger partial charge in [-0.05, 0) is 25.1 Å². The number of methoxy groups -OCH3 is 1. The maximum atomic E-state index is 12.1. The van der Waals surface area contributed by atoms with Crippen LogP contribution in [0.3, 0.4) is 0 Å². The van der Waals surface area contributed by atoms with Gasteiger partial charge in [0.1, 0.15) is 0 Å². The average molecular weight is 293 g/mol. The third-order valence-electron chi connectivity index (χ3n) is 2.50. The van der Waals surface area contributed by atoms with Gasteiger partial charge >= 0.3 is 0 Å². The Bertz CT molecular complexity index is 661. The maximum absolute atomic E-state index is 12.1. The third-order valence-corrected chi connectivity index (χ3v) is 2.83. The van der Waals surface area contributed by atoms with Gasteiger partial charge in [-0.2, -0.15) is 4.98 Å². The second-order valence-corrected chi connectivity index (χ2v) is 4.48. The summed E-state index contributed by atoms with van der Waals surface area (Å²) in [5.41, 5.74) is 7.02. The van der Waals surface area contributed by atoms with Crippen LogP contribution in [0.15, 0.2) is 24.3 Å². The number of nitrogen functional groups attached to an aromatic ring is 1. The highest BCUT2D eigenvalue weighted by molar-refractivity contribution is 6.34. The number of halogens is 1. The summed E-state index contributed by atoms with van der Waals surface area (Å²) in [4.78, 5) is 20.3. The Labute approximate surface area is 120 Å². The van der Waals surface area contributed by atoms with Crippen molar-refractivity contribution in [3.8, 4) is 5.88 Å². The van der Waals surface area contributed by atoms with Crippen molar-refractivity contribution in [2.24, 2.45) is 0 Å². The van der Waals surface area contributed by atoms with Crippen molar-refractivity contribution in [3.05, 3.63) is 40.5 Å². The lowest BCUT2D eigenvalue weighted by Crippen LogP contribution is -2.15. The highest BCUT2D eigenvalue weighted by Gasteiger charge is 2.13. The Balaban J connectivity index is 2.27. The number of hydrogen-bond donors (Lipinski definition) is 2. The van der Waals surface area contributed by atoms with Crippen LogP contribution < -0.4 is 15.8 Å². The minimum absolute atomic E-state index is 0.144. The zero-order valence-corrected chi connectivity index (χ0v) is 11.7. The molecule has 1 aromatic heterocycles. The lowest BCUT2D eigenvalue weighted by Gasteiger charge is -2.08. The molecule has 2 aromatic rings. The van der Waals surface area contributed by atoms with Crippen LogP contribution in [0.4, 0.5) is 11.6 Å². The van der Waals surface area contributed by atoms with E-state index in [2.05, 4.69) is 15.3 Å². The molecule has 0 atom stereocenters. The fourth-order valence-corrected chi connectivity index (χ4v) is 1.79. The van der Waals surface area contributed by atoms with E-state index in [0.717, 1.165) is 0 Å². The van der Waals surface area contributed by atoms with Crippen LogP contribution in [0.2, 0.25) is 5.02 Å². The molecule has 104 valence electrons. The topological polar surface area (TPSA) is 90.1 Å². The van der Waals surface area contributed by atoms with Crippen molar-refractivity contribution in [1.82, 2.24) is 9.97 Å². The lowest BCUT2D eigenvalue weighted by molar-refractivity contribution is 0.102. The molecule has 0 unspecified atom stereocenters. The second-order valence-electron chi connectivity index (χ2n) is 4.07. The van der Waals surface area contributed by atoms with E-state index < -0.39 is 5.91 Å². The number of aromatic nitrogens is 2. The minimum Gasteiger partial charge on any atom is -0.481 e. The number of nitrogens with zero attached hydrogens (tertiary/aromatic N) is 2. The molecular weight excluding hydrogens is 280 g/mol. The van der Waals surface area contributed by atoms with Gasteiger partial charge in [-0.1, -0.05) is 11.6 Å². The summed E-state index contributed by atoms with van der Waals surface area (Å²) < 4.78 is 5.02. The van der Waals surface area contributed by atoms with Gasteiger partial charge in [0.15, 0.2) is 0 Å². The number of benzene rings is 1. The molecule has 0 aliphatic heterocycles. The highest BCUT2D eigenvalue weighted by atomic mass is 35.5. The van der Waals surface area contributed by atoms with Crippen LogP contribution in [0.25, 0.3) is 0 Å². The molecule has 7 heteroatoms. The maximum Gasteiger partial charge on any atom is 0.259 e. The molecule has 0 bridgehead atoms. The predicted octanol–water partition coefficient (Wildman–Crippen LogP) is 2.28. The summed E-state index contributed by atoms with van der Waals surface area (Å²) in [5.74, 6) is 0.0757. The van der Waals surface area contributed by atoms with E-state index >= 15 is 0 Å². The van der Waals surface area contributed by atoms with E-state index in [9.17, 15) is 4.79 Å². The summed E-state index contributed by atoms with van der Waals surface area (Å²) in [7, 11) is 1.49. The Morgan fingerprint density at radius 3 is 2.80 bits per heavy atom. The Kier molecular flexibility index (Phi) is 4.05. The molecule has 20 heavy (non-hydrogen) atoms. The summed E-state index contributed by atoms with van der Waals surface area (Å²) in [6, 6.07) is 6.32. The van der Waals surface area contributed by atoms with Gasteiger partial charge in [0.05, 0.1) is 17.7 Å². The molecule has 1 amide bonds. The van der Waals surface area contributed by atoms with E-state index in [-0.39, 0.29) is 11.5 Å². The molecule has 0 saturated carbocycles. The minimum atomic E-state index is -0.435. The summed E-state index contributed by atoms with van der Waals surface area (Å²) in [6.07, 6.45) is 0. The van der Waals surface area contributed by atoms with Crippen molar-refractivity contribution in [2.45, 2.75) is 6.92 Å². The van der Waals surface area contributed by atoms with Crippen molar-refractivity contribution < 1.29 is 9.53 Å². The van der Waals surface area contributed by atoms with Crippen LogP contribution in [-0.2, 0) is 0 Å². The van der Waals surface area contributed by atoms with Gasteiger partial charge in [-0.25, -0.2) is 4.98 Å². The Morgan fingerprint density at radius 2 is 2.10 bits per heavy atom. The number of ether oxygens (including phenoxy) is 1. The van der Waals surface area contributed by atoms with Gasteiger partial charge in [0.25, 0.3) is 5.91 Å². The zero-order chi connectivity index (χ0) is 14.7. The number of anilines is 2. The molecule has 1 aromatic carbocycles. The largest absolute Gasteiger partial charge is 0.481 e. The normalized spacial score (nSPS) is 10.2. The first-order valence-electron chi connectivity index (χ1n) is 5.75. The first-order valence-corrected chi connectivity index (χ1v) is 6.13. The zero-order valence-electron chi connectivity index (χ0n) is 11.0. The number of nitrogens with one attached hydrogen (secondary N) is 1. The average Bonchev–Trinajstić information content (AvgIpc) is 2.40. The third kappa shape index (κ3) is 3.16. The molecule has 0 aliphatic carbocycles. The van der Waals surface area contributed by atoms with Crippen molar-refractivity contribution >= 4 is 29.1 Å². The number of carbonyl (C=O) groups excluding carboxylic acids is 1. The molecule has 0 saturated heterocycles. The smallest absolute Gasteiger partial charge is 0.259 e. The molecular formula is C13H13ClN4O2. The standard InChI is InChI=1S/C13H13ClN4O2/c1-7-5-11(20-2)17-13(16-7)18-12(19)9-6-8(15)3-4-10(9)14/h3-6H,15H2,1-2H3,(H,16,17,18,19). The fourth-order valence-electron chi connectivity index (χ4n) is 1.59. The van der Waals surface area contributed by atoms with Gasteiger partial charge in [-0.3, -0.25) is 10.1 Å². The first kappa shape index (κ1) is 14.1. The molecule has 6 nitrogen and oxygen atoms in total. The number of amides is 1. The summed E-state index contributed by atoms with van der Waals surface area (Å²) >= 11 is 5.97. The molecule has 0 aliphatic rings. The quantitative estimate of drug-likeness (QED) is 0.847. The molecule has 2 rings (SSSR count). The van der Waals surface area contributed by atoms with E-state index in [1.807, 2.05) is 0 Å². The van der Waals surface area contributed by atoms with E-state index in [1.54, 1.807) is 25.1 Å². The number of nitrogens with two attached hydrogens (primary N) is 1. The molecule has 3 N–H and O–H groups in total. The van der Waals surface area contributed by atoms with Crippen molar-refractivity contribution in [3.63, 3.8) is 0 Å². The SMILES string of the molecule is COc1cc(C)nc(NC(=O)c2cc(N)ccc2Cl)n1. The lowest BCUT2D eigenvalue weighted by atomic mass is 10.2. The fraction of sp³-hybridized carbons (Fsp3) is 0.154. The summed E-state index contributed by atoms with van der Waals surface area (Å²) in [5, 5.41) is 2.86. The van der Waals surface area contributed by atoms with E-state index in [1.165, 1.54) is 13.2 Å². The molecule has 0 spiro atoms. The van der Waals surface area contributed by atoms with E-state index in [0.29, 0.717) is 22.3 Å². The number of hydrogen-bond acceptors (Lipinski definition) is 5. The van der Waals surface area contributed by atoms with E-state index in [4.69, 9.17) is 22.1 Å². The molecule has 0 fully saturated rings. The van der Waals surface area contributed by atoms with Gasteiger partial charge in [0, 0.05) is 17.4 Å². The van der Waals surface area contributed by atoms with Crippen LogP contribution in [0.1, 0.15) is 16.1 Å². The van der Waals surface area contributed by atoms with Crippen LogP contribution in [-0.4, -0.2) is 23.0 Å². The predicted molar refractivity (Wildman–Crippen MR) is 77.1 cm³/mol. The second kappa shape index (κ2) is 5.75. The van der Waals surface area contributed by atoms with Gasteiger partial charge in [-0.15, -0.1) is 0 Å². The molecule has 1 heterocycles. The highest BCUT2D eigenvalue weighted by Crippen LogP contribution is 2.20. The molecule has 0 radical (unpaired) electrons. The van der Waals surface area contributed by atoms with Crippen LogP contribution in [0, 0.1) is 6.92 Å². The number of rotatable bonds is 3. The first-order chi connectivity index (χ1) is 9.49. The Hall–Kier alpha value is -2.34. The van der Waals surface area contributed by atoms with Gasteiger partial charge < -0.3 is 10.5 Å². The van der Waals surface area contributed by atoms with Crippen molar-refractivity contribution in [2.75, 3.05) is 18.2 Å². The monoisotopic (exact) mass is 292 g/mol. The number of carbonyl (C=O) groups is 1.